The Morgan fingerprint density at radius 3 is 1.08 bits per heavy atom. The van der Waals surface area contributed by atoms with Gasteiger partial charge in [0.2, 0.25) is 0 Å². The predicted molar refractivity (Wildman–Crippen MR) is 20.7 cm³/mol. The van der Waals surface area contributed by atoms with Crippen LogP contribution in [0.5, 0.6) is 0 Å². The Balaban J connectivity index is -0.0000000573. The molecule has 0 aliphatic rings. The fourth-order valence-electron chi connectivity index (χ4n) is 0.0719. The van der Waals surface area contributed by atoms with E-state index in [-0.39, 0.29) is 0 Å². The van der Waals surface area contributed by atoms with Gasteiger partial charge in [0, 0.05) is 0 Å². The average Bonchev–Trinajstić information content (AvgIpc) is 2.25. The second kappa shape index (κ2) is 30.7. The number of hydrogen-bond donors (Lipinski definition) is 0. The zero-order chi connectivity index (χ0) is 11.9. The molecule has 9 heteroatoms. The molecule has 0 radical (unpaired) electrons. The van der Waals surface area contributed by atoms with Crippen molar-refractivity contribution in [3.63, 3.8) is 0 Å². The Morgan fingerprint density at radius 1 is 0.846 bits per heavy atom. The van der Waals surface area contributed by atoms with Crippen LogP contribution in [0.25, 0.3) is 0 Å². The first-order valence-electron chi connectivity index (χ1n) is 2.11. The molecule has 0 atom stereocenters. The van der Waals surface area contributed by atoms with Gasteiger partial charge in [-0.1, -0.05) is 0 Å². The Kier molecular flexibility index (Phi) is 64.2. The molecule has 0 nitrogen and oxygen atoms in total. The molecule has 0 rings (SSSR count). The summed E-state index contributed by atoms with van der Waals surface area (Å²) < 4.78 is 6.10. The summed E-state index contributed by atoms with van der Waals surface area (Å²) in [6.45, 7) is 2.16. The van der Waals surface area contributed by atoms with Gasteiger partial charge in [-0.3, -0.25) is 0 Å². The third-order valence-corrected chi connectivity index (χ3v) is 7.38. The van der Waals surface area contributed by atoms with Gasteiger partial charge < -0.3 is 0 Å². The summed E-state index contributed by atoms with van der Waals surface area (Å²) in [6.07, 6.45) is 0. The van der Waals surface area contributed by atoms with Crippen LogP contribution >= 0.6 is 0 Å². The molecule has 0 heterocycles. The minimum absolute atomic E-state index is 1.42. The van der Waals surface area contributed by atoms with Crippen LogP contribution in [0.4, 0.5) is 0 Å². The van der Waals surface area contributed by atoms with Gasteiger partial charge in [0.1, 0.15) is 0 Å². The predicted octanol–water partition coefficient (Wildman–Crippen LogP) is -0.344. The molecule has 13 heavy (non-hydrogen) atoms. The quantitative estimate of drug-likeness (QED) is 0.333. The third kappa shape index (κ3) is 31.9. The topological polar surface area (TPSA) is 0 Å². The van der Waals surface area contributed by atoms with Crippen LogP contribution < -0.4 is 0 Å². The fraction of sp³-hybridized carbons (Fsp3) is 0.250. The van der Waals surface area contributed by atoms with Crippen LogP contribution in [0.1, 0.15) is 6.92 Å². The SMILES string of the molecule is C[C](=[W])[C](=[W])[C-]=[W].[W]=[W].[W]=[W].[W]=[W]. The molecule has 0 aromatic carbocycles. The first kappa shape index (κ1) is 27.2. The van der Waals surface area contributed by atoms with Gasteiger partial charge in [0.15, 0.2) is 0 Å². The fourth-order valence-corrected chi connectivity index (χ4v) is 1.81. The third-order valence-electron chi connectivity index (χ3n) is 0.412. The van der Waals surface area contributed by atoms with E-state index in [1.165, 1.54) is 27.1 Å². The van der Waals surface area contributed by atoms with E-state index >= 15 is 0 Å². The summed E-state index contributed by atoms with van der Waals surface area (Å²) in [5.74, 6) is 0. The van der Waals surface area contributed by atoms with E-state index in [2.05, 4.69) is 11.3 Å². The van der Waals surface area contributed by atoms with Crippen molar-refractivity contribution in [2.45, 2.75) is 6.92 Å². The standard InChI is InChI=1S/C4H3.9W/c1-3-4-2;;;;;;;;;/h1H3;;;;;;;;;/q-1;;;;;;;;;. The first-order chi connectivity index (χ1) is 6.18. The molecule has 0 N–H and O–H groups in total. The maximum atomic E-state index is 3.19. The average molecular weight is 1710 g/mol. The van der Waals surface area contributed by atoms with Crippen molar-refractivity contribution in [3.8, 4) is 0 Å². The zero-order valence-corrected chi connectivity index (χ0v) is 32.6. The van der Waals surface area contributed by atoms with Crippen molar-refractivity contribution in [2.75, 3.05) is 0 Å². The summed E-state index contributed by atoms with van der Waals surface area (Å²) >= 11 is 14.6. The van der Waals surface area contributed by atoms with Crippen LogP contribution in [0, 0.1) is 0 Å². The summed E-state index contributed by atoms with van der Waals surface area (Å²) in [5.41, 5.74) is 0. The summed E-state index contributed by atoms with van der Waals surface area (Å²) in [6, 6.07) is 0. The van der Waals surface area contributed by atoms with Crippen molar-refractivity contribution in [1.29, 1.82) is 0 Å². The zero-order valence-electron chi connectivity index (χ0n) is 6.17. The maximum absolute atomic E-state index is 3.19. The summed E-state index contributed by atoms with van der Waals surface area (Å²) in [4.78, 5) is 0. The molecule has 0 spiro atoms. The van der Waals surface area contributed by atoms with Gasteiger partial charge in [-0.05, 0) is 0 Å². The van der Waals surface area contributed by atoms with Gasteiger partial charge in [-0.2, -0.15) is 0 Å². The van der Waals surface area contributed by atoms with Gasteiger partial charge in [0.25, 0.3) is 0 Å². The summed E-state index contributed by atoms with van der Waals surface area (Å²) in [5, 5.41) is 0. The molecule has 0 aliphatic heterocycles. The molecule has 0 unspecified atom stereocenters. The number of hydrogen-bond acceptors (Lipinski definition) is 0. The van der Waals surface area contributed by atoms with E-state index in [1.54, 1.807) is 136 Å². The van der Waals surface area contributed by atoms with E-state index in [0.717, 1.165) is 0 Å². The van der Waals surface area contributed by atoms with Gasteiger partial charge in [0.05, 0.1) is 0 Å². The van der Waals surface area contributed by atoms with Crippen LogP contribution in [0.15, 0.2) is 0 Å². The molecule has 0 aromatic rings. The Morgan fingerprint density at radius 2 is 1.08 bits per heavy atom. The van der Waals surface area contributed by atoms with Crippen LogP contribution in [-0.2, 0) is 155 Å². The van der Waals surface area contributed by atoms with E-state index in [4.69, 9.17) is 0 Å². The second-order valence-corrected chi connectivity index (χ2v) is 5.39. The summed E-state index contributed by atoms with van der Waals surface area (Å²) in [7, 11) is 0. The molecule has 0 amide bonds. The molecule has 74 valence electrons. The number of rotatable bonds is 2. The van der Waals surface area contributed by atoms with Gasteiger partial charge >= 0.3 is 175 Å². The molecular weight excluding hydrogens is 1700 g/mol. The molecular formula is C4H3W9-. The van der Waals surface area contributed by atoms with Gasteiger partial charge in [-0.25, -0.2) is 0 Å². The van der Waals surface area contributed by atoms with Crippen LogP contribution in [0.2, 0.25) is 0 Å². The van der Waals surface area contributed by atoms with Crippen molar-refractivity contribution >= 4 is 12.2 Å². The molecule has 0 fully saturated rings. The molecule has 0 bridgehead atoms. The van der Waals surface area contributed by atoms with Crippen LogP contribution in [0.3, 0.4) is 0 Å². The Hall–Kier alpha value is 5.80. The molecule has 0 saturated carbocycles. The van der Waals surface area contributed by atoms with E-state index in [9.17, 15) is 0 Å². The van der Waals surface area contributed by atoms with Crippen molar-refractivity contribution in [2.24, 2.45) is 0 Å². The van der Waals surface area contributed by atoms with E-state index in [0.29, 0.717) is 0 Å². The Labute approximate surface area is 170 Å². The van der Waals surface area contributed by atoms with Crippen molar-refractivity contribution in [1.82, 2.24) is 0 Å². The van der Waals surface area contributed by atoms with Gasteiger partial charge in [-0.15, -0.1) is 0 Å². The monoisotopic (exact) mass is 1710 g/mol. The van der Waals surface area contributed by atoms with Crippen molar-refractivity contribution in [3.05, 3.63) is 0 Å². The van der Waals surface area contributed by atoms with E-state index in [1.807, 2.05) is 0 Å². The molecule has 0 aliphatic carbocycles. The minimum atomic E-state index is 1.42. The Bertz CT molecular complexity index is 147. The van der Waals surface area contributed by atoms with Crippen LogP contribution in [-0.4, -0.2) is 12.2 Å². The van der Waals surface area contributed by atoms with E-state index < -0.39 is 0 Å². The molecule has 0 aromatic heterocycles. The van der Waals surface area contributed by atoms with Crippen molar-refractivity contribution < 1.29 is 155 Å². The normalized spacial score (nSPS) is 5.00. The first-order valence-corrected chi connectivity index (χ1v) is 39.5. The second-order valence-electron chi connectivity index (χ2n) is 0.987. The molecule has 0 saturated heterocycles.